The van der Waals surface area contributed by atoms with E-state index in [9.17, 15) is 8.78 Å². The molecule has 1 aliphatic rings. The van der Waals surface area contributed by atoms with E-state index in [1.54, 1.807) is 12.1 Å². The van der Waals surface area contributed by atoms with E-state index in [0.717, 1.165) is 31.8 Å². The molecule has 122 valence electrons. The van der Waals surface area contributed by atoms with Crippen LogP contribution in [0.2, 0.25) is 0 Å². The summed E-state index contributed by atoms with van der Waals surface area (Å²) in [6.45, 7) is 3.63. The Bertz CT molecular complexity index is 502. The van der Waals surface area contributed by atoms with E-state index in [-0.39, 0.29) is 12.4 Å². The van der Waals surface area contributed by atoms with Crippen molar-refractivity contribution in [2.45, 2.75) is 32.7 Å². The predicted molar refractivity (Wildman–Crippen MR) is 81.0 cm³/mol. The van der Waals surface area contributed by atoms with Crippen molar-refractivity contribution in [1.29, 1.82) is 0 Å². The van der Waals surface area contributed by atoms with E-state index in [4.69, 9.17) is 10.5 Å². The minimum atomic E-state index is -2.53. The van der Waals surface area contributed by atoms with Gasteiger partial charge in [-0.05, 0) is 24.8 Å². The van der Waals surface area contributed by atoms with E-state index >= 15 is 0 Å². The standard InChI is InChI=1S/C15H22F2N4O/c1-11-4-7-21(8-5-11)15(18)20-9-12-3-2-6-19-14(12)22-10-13(16)17/h2-3,6,11,13H,4-5,7-10H2,1H3,(H2,18,20). The zero-order chi connectivity index (χ0) is 15.9. The van der Waals surface area contributed by atoms with Gasteiger partial charge < -0.3 is 15.4 Å². The number of hydrogen-bond donors (Lipinski definition) is 1. The highest BCUT2D eigenvalue weighted by molar-refractivity contribution is 5.78. The number of aliphatic imine (C=N–C) groups is 1. The second-order valence-corrected chi connectivity index (χ2v) is 5.51. The maximum Gasteiger partial charge on any atom is 0.272 e. The lowest BCUT2D eigenvalue weighted by molar-refractivity contribution is 0.0791. The van der Waals surface area contributed by atoms with E-state index in [1.807, 2.05) is 0 Å². The van der Waals surface area contributed by atoms with Crippen LogP contribution in [0.1, 0.15) is 25.3 Å². The van der Waals surface area contributed by atoms with Crippen molar-refractivity contribution in [2.75, 3.05) is 19.7 Å². The largest absolute Gasteiger partial charge is 0.471 e. The first-order valence-electron chi connectivity index (χ1n) is 7.46. The van der Waals surface area contributed by atoms with Gasteiger partial charge in [0.05, 0.1) is 6.54 Å². The summed E-state index contributed by atoms with van der Waals surface area (Å²) in [5.74, 6) is 1.39. The van der Waals surface area contributed by atoms with Crippen molar-refractivity contribution in [3.8, 4) is 5.88 Å². The number of pyridine rings is 1. The first kappa shape index (κ1) is 16.5. The van der Waals surface area contributed by atoms with Gasteiger partial charge in [0.1, 0.15) is 0 Å². The summed E-state index contributed by atoms with van der Waals surface area (Å²) in [7, 11) is 0. The lowest BCUT2D eigenvalue weighted by atomic mass is 10.00. The Morgan fingerprint density at radius 3 is 2.91 bits per heavy atom. The molecule has 2 rings (SSSR count). The van der Waals surface area contributed by atoms with Gasteiger partial charge in [0.15, 0.2) is 12.6 Å². The minimum absolute atomic E-state index is 0.187. The van der Waals surface area contributed by atoms with Crippen molar-refractivity contribution in [2.24, 2.45) is 16.6 Å². The van der Waals surface area contributed by atoms with Crippen molar-refractivity contribution in [3.63, 3.8) is 0 Å². The highest BCUT2D eigenvalue weighted by Gasteiger charge is 2.17. The summed E-state index contributed by atoms with van der Waals surface area (Å²) in [5, 5.41) is 0. The quantitative estimate of drug-likeness (QED) is 0.669. The average molecular weight is 312 g/mol. The first-order chi connectivity index (χ1) is 10.6. The lowest BCUT2D eigenvalue weighted by Crippen LogP contribution is -2.42. The second kappa shape index (κ2) is 7.91. The Morgan fingerprint density at radius 2 is 2.23 bits per heavy atom. The number of alkyl halides is 2. The Morgan fingerprint density at radius 1 is 1.50 bits per heavy atom. The van der Waals surface area contributed by atoms with Crippen molar-refractivity contribution >= 4 is 5.96 Å². The normalized spacial score (nSPS) is 17.1. The van der Waals surface area contributed by atoms with Gasteiger partial charge in [0.2, 0.25) is 5.88 Å². The van der Waals surface area contributed by atoms with Gasteiger partial charge in [-0.1, -0.05) is 13.0 Å². The average Bonchev–Trinajstić information content (AvgIpc) is 2.52. The van der Waals surface area contributed by atoms with Gasteiger partial charge in [-0.2, -0.15) is 0 Å². The number of nitrogens with zero attached hydrogens (tertiary/aromatic N) is 3. The fourth-order valence-corrected chi connectivity index (χ4v) is 2.32. The maximum atomic E-state index is 12.2. The van der Waals surface area contributed by atoms with Crippen LogP contribution in [0.25, 0.3) is 0 Å². The third-order valence-electron chi connectivity index (χ3n) is 3.72. The number of rotatable bonds is 5. The maximum absolute atomic E-state index is 12.2. The molecule has 1 aromatic heterocycles. The molecule has 1 aliphatic heterocycles. The second-order valence-electron chi connectivity index (χ2n) is 5.51. The van der Waals surface area contributed by atoms with Crippen LogP contribution in [0.15, 0.2) is 23.3 Å². The third kappa shape index (κ3) is 4.82. The summed E-state index contributed by atoms with van der Waals surface area (Å²) in [6, 6.07) is 3.47. The molecule has 0 saturated carbocycles. The molecule has 2 N–H and O–H groups in total. The van der Waals surface area contributed by atoms with Crippen molar-refractivity contribution in [3.05, 3.63) is 23.9 Å². The molecule has 0 bridgehead atoms. The van der Waals surface area contributed by atoms with Crippen LogP contribution >= 0.6 is 0 Å². The molecular formula is C15H22F2N4O. The topological polar surface area (TPSA) is 63.7 Å². The smallest absolute Gasteiger partial charge is 0.272 e. The van der Waals surface area contributed by atoms with Crippen molar-refractivity contribution < 1.29 is 13.5 Å². The Hall–Kier alpha value is -1.92. The van der Waals surface area contributed by atoms with Crippen LogP contribution in [-0.2, 0) is 6.54 Å². The molecule has 0 aromatic carbocycles. The monoisotopic (exact) mass is 312 g/mol. The van der Waals surface area contributed by atoms with Crippen LogP contribution in [0, 0.1) is 5.92 Å². The van der Waals surface area contributed by atoms with E-state index in [0.29, 0.717) is 11.5 Å². The molecule has 0 unspecified atom stereocenters. The van der Waals surface area contributed by atoms with Gasteiger partial charge in [-0.25, -0.2) is 18.8 Å². The summed E-state index contributed by atoms with van der Waals surface area (Å²) < 4.78 is 29.5. The van der Waals surface area contributed by atoms with Crippen LogP contribution in [-0.4, -0.2) is 42.0 Å². The molecule has 22 heavy (non-hydrogen) atoms. The highest BCUT2D eigenvalue weighted by atomic mass is 19.3. The van der Waals surface area contributed by atoms with Crippen LogP contribution in [0.3, 0.4) is 0 Å². The van der Waals surface area contributed by atoms with Crippen LogP contribution in [0.5, 0.6) is 5.88 Å². The Labute approximate surface area is 129 Å². The number of guanidine groups is 1. The molecule has 0 spiro atoms. The molecule has 5 nitrogen and oxygen atoms in total. The van der Waals surface area contributed by atoms with E-state index < -0.39 is 13.0 Å². The molecule has 0 aliphatic carbocycles. The minimum Gasteiger partial charge on any atom is -0.471 e. The zero-order valence-electron chi connectivity index (χ0n) is 12.7. The molecule has 0 radical (unpaired) electrons. The van der Waals surface area contributed by atoms with E-state index in [1.165, 1.54) is 6.20 Å². The summed E-state index contributed by atoms with van der Waals surface area (Å²) >= 11 is 0. The number of piperidine rings is 1. The Kier molecular flexibility index (Phi) is 5.91. The van der Waals surface area contributed by atoms with Gasteiger partial charge in [0.25, 0.3) is 6.43 Å². The number of ether oxygens (including phenoxy) is 1. The molecule has 1 aromatic rings. The molecule has 7 heteroatoms. The van der Waals surface area contributed by atoms with Crippen molar-refractivity contribution in [1.82, 2.24) is 9.88 Å². The highest BCUT2D eigenvalue weighted by Crippen LogP contribution is 2.18. The lowest BCUT2D eigenvalue weighted by Gasteiger charge is -2.31. The number of halogens is 2. The van der Waals surface area contributed by atoms with Crippen LogP contribution < -0.4 is 10.5 Å². The molecule has 0 amide bonds. The molecule has 1 saturated heterocycles. The number of nitrogens with two attached hydrogens (primary N) is 1. The summed E-state index contributed by atoms with van der Waals surface area (Å²) in [4.78, 5) is 10.4. The predicted octanol–water partition coefficient (Wildman–Crippen LogP) is 2.27. The van der Waals surface area contributed by atoms with Gasteiger partial charge in [-0.15, -0.1) is 0 Å². The molecule has 0 atom stereocenters. The molecular weight excluding hydrogens is 290 g/mol. The third-order valence-corrected chi connectivity index (χ3v) is 3.72. The van der Waals surface area contributed by atoms with Crippen LogP contribution in [0.4, 0.5) is 8.78 Å². The SMILES string of the molecule is CC1CCN(C(N)=NCc2cccnc2OCC(F)F)CC1. The zero-order valence-corrected chi connectivity index (χ0v) is 12.7. The molecule has 1 fully saturated rings. The number of hydrogen-bond acceptors (Lipinski definition) is 3. The number of likely N-dealkylation sites (tertiary alicyclic amines) is 1. The summed E-state index contributed by atoms with van der Waals surface area (Å²) in [6.07, 6.45) is 1.18. The van der Waals surface area contributed by atoms with Gasteiger partial charge in [-0.3, -0.25) is 0 Å². The van der Waals surface area contributed by atoms with Gasteiger partial charge >= 0.3 is 0 Å². The fraction of sp³-hybridized carbons (Fsp3) is 0.600. The Balaban J connectivity index is 1.96. The first-order valence-corrected chi connectivity index (χ1v) is 7.46. The van der Waals surface area contributed by atoms with E-state index in [2.05, 4.69) is 21.8 Å². The number of aromatic nitrogens is 1. The fourth-order valence-electron chi connectivity index (χ4n) is 2.32. The summed E-state index contributed by atoms with van der Waals surface area (Å²) in [5.41, 5.74) is 6.66. The molecule has 2 heterocycles. The van der Waals surface area contributed by atoms with Gasteiger partial charge in [0, 0.05) is 24.8 Å².